The van der Waals surface area contributed by atoms with Crippen LogP contribution in [-0.4, -0.2) is 92.6 Å². The van der Waals surface area contributed by atoms with E-state index in [1.165, 1.54) is 0 Å². The van der Waals surface area contributed by atoms with Gasteiger partial charge >= 0.3 is 42.7 Å². The van der Waals surface area contributed by atoms with Crippen molar-refractivity contribution in [3.05, 3.63) is 0 Å². The monoisotopic (exact) mass is 825 g/mol. The Balaban J connectivity index is -0.0000000154. The summed E-state index contributed by atoms with van der Waals surface area (Å²) in [4.78, 5) is 0. The van der Waals surface area contributed by atoms with Crippen LogP contribution in [0.25, 0.3) is 0 Å². The summed E-state index contributed by atoms with van der Waals surface area (Å²) < 4.78 is 177. The molecule has 0 rings (SSSR count). The van der Waals surface area contributed by atoms with Gasteiger partial charge in [-0.15, -0.1) is 0 Å². The number of rotatable bonds is 0. The molecule has 18 nitrogen and oxygen atoms in total. The van der Waals surface area contributed by atoms with Crippen molar-refractivity contribution >= 4 is 56.6 Å². The number of halogens is 9. The standard InChI is InChI=1S/3CHF3O3S.Bi.9H2O/c3*2-1(3,4)8(5,6)7;;;;;;;;;;/h3*(H,5,6,7);;9*1H2/q;;;+3;;;;;;;;;/p+4. The Labute approximate surface area is 200 Å². The minimum atomic E-state index is -6.09. The van der Waals surface area contributed by atoms with Crippen LogP contribution >= 0.6 is 0 Å². The largest absolute Gasteiger partial charge is 3.00 e. The molecule has 0 spiro atoms. The van der Waals surface area contributed by atoms with Gasteiger partial charge in [-0.05, 0) is 0 Å². The zero-order valence-corrected chi connectivity index (χ0v) is 21.2. The van der Waals surface area contributed by atoms with Gasteiger partial charge in [0.05, 0.1) is 0 Å². The molecule has 0 aliphatic carbocycles. The summed E-state index contributed by atoms with van der Waals surface area (Å²) >= 11 is 0. The summed E-state index contributed by atoms with van der Waals surface area (Å²) in [5.41, 5.74) is -16.9. The van der Waals surface area contributed by atoms with E-state index in [4.69, 9.17) is 38.9 Å². The van der Waals surface area contributed by atoms with E-state index in [9.17, 15) is 39.5 Å². The Kier molecular flexibility index (Phi) is 63.6. The van der Waals surface area contributed by atoms with Gasteiger partial charge in [0.15, 0.2) is 30.4 Å². The van der Waals surface area contributed by atoms with Crippen LogP contribution in [0.5, 0.6) is 0 Å². The molecular formula is C3H25BiF9O18S3+7. The SMILES string of the molecule is O.O.O=S(=O)([O-])C(F)(F)F.O=S(=O)([O-])C(F)(F)F.O=S(=O)([O-])C(F)(F)F.[Bi+3].[OH3+].[OH3+].[OH3+].[OH3+].[OH3+].[OH3+].[OH3+]. The van der Waals surface area contributed by atoms with Crippen LogP contribution in [0.4, 0.5) is 39.5 Å². The van der Waals surface area contributed by atoms with Crippen molar-refractivity contribution < 1.29 is 128 Å². The molecule has 0 unspecified atom stereocenters. The van der Waals surface area contributed by atoms with Crippen LogP contribution in [0.3, 0.4) is 0 Å². The molecule has 0 fully saturated rings. The van der Waals surface area contributed by atoms with Crippen molar-refractivity contribution in [1.29, 1.82) is 0 Å². The van der Waals surface area contributed by atoms with E-state index in [-0.39, 0.29) is 75.5 Å². The molecule has 34 heavy (non-hydrogen) atoms. The molecule has 224 valence electrons. The quantitative estimate of drug-likeness (QED) is 0.0735. The molecule has 0 saturated carbocycles. The Morgan fingerprint density at radius 2 is 0.412 bits per heavy atom. The third-order valence-corrected chi connectivity index (χ3v) is 2.55. The Hall–Kier alpha value is -0.377. The Morgan fingerprint density at radius 1 is 0.382 bits per heavy atom. The van der Waals surface area contributed by atoms with Gasteiger partial charge in [0.2, 0.25) is 0 Å². The van der Waals surface area contributed by atoms with E-state index < -0.39 is 46.9 Å². The first kappa shape index (κ1) is 84.1. The number of hydrogen-bond acceptors (Lipinski definition) is 9. The van der Waals surface area contributed by atoms with Crippen molar-refractivity contribution in [3.8, 4) is 0 Å². The molecule has 0 bridgehead atoms. The van der Waals surface area contributed by atoms with Gasteiger partial charge in [0.1, 0.15) is 0 Å². The van der Waals surface area contributed by atoms with Crippen molar-refractivity contribution in [2.45, 2.75) is 16.5 Å². The molecule has 31 heteroatoms. The van der Waals surface area contributed by atoms with Crippen LogP contribution in [0, 0.1) is 0 Å². The topological polar surface area (TPSA) is 466 Å². The normalized spacial score (nSPS) is 9.88. The van der Waals surface area contributed by atoms with Crippen LogP contribution in [0.2, 0.25) is 0 Å². The fourth-order valence-corrected chi connectivity index (χ4v) is 0. The van der Waals surface area contributed by atoms with Gasteiger partial charge in [-0.25, -0.2) is 25.3 Å². The van der Waals surface area contributed by atoms with E-state index in [0.29, 0.717) is 0 Å². The fraction of sp³-hybridized carbons (Fsp3) is 1.00. The second-order valence-electron chi connectivity index (χ2n) is 2.70. The zero-order chi connectivity index (χ0) is 21.0. The molecule has 0 amide bonds. The maximum absolute atomic E-state index is 10.7. The van der Waals surface area contributed by atoms with E-state index in [0.717, 1.165) is 0 Å². The maximum atomic E-state index is 10.7. The predicted octanol–water partition coefficient (Wildman–Crippen LogP) is -8.33. The van der Waals surface area contributed by atoms with Crippen LogP contribution in [-0.2, 0) is 68.7 Å². The Morgan fingerprint density at radius 3 is 0.412 bits per heavy atom. The second-order valence-corrected chi connectivity index (χ2v) is 6.81. The van der Waals surface area contributed by atoms with E-state index >= 15 is 0 Å². The molecule has 0 aromatic rings. The third-order valence-electron chi connectivity index (χ3n) is 0.850. The summed E-state index contributed by atoms with van der Waals surface area (Å²) in [5.74, 6) is 0. The van der Waals surface area contributed by atoms with Gasteiger partial charge in [-0.1, -0.05) is 0 Å². The Bertz CT molecular complexity index is 607. The van der Waals surface area contributed by atoms with E-state index in [1.54, 1.807) is 0 Å². The molecule has 25 N–H and O–H groups in total. The van der Waals surface area contributed by atoms with Crippen LogP contribution in [0.1, 0.15) is 0 Å². The maximum Gasteiger partial charge on any atom is 3.00 e. The van der Waals surface area contributed by atoms with Gasteiger partial charge in [0, 0.05) is 0 Å². The minimum absolute atomic E-state index is 0. The first-order valence-electron chi connectivity index (χ1n) is 3.81. The van der Waals surface area contributed by atoms with Gasteiger partial charge in [0.25, 0.3) is 0 Å². The molecule has 0 atom stereocenters. The van der Waals surface area contributed by atoms with Crippen molar-refractivity contribution in [2.24, 2.45) is 0 Å². The summed E-state index contributed by atoms with van der Waals surface area (Å²) in [6.07, 6.45) is 0. The van der Waals surface area contributed by atoms with Gasteiger partial charge in [-0.3, -0.25) is 0 Å². The average molecular weight is 825 g/mol. The third kappa shape index (κ3) is 41.8. The molecule has 0 heterocycles. The van der Waals surface area contributed by atoms with E-state index in [1.807, 2.05) is 0 Å². The van der Waals surface area contributed by atoms with Crippen LogP contribution in [0.15, 0.2) is 0 Å². The minimum Gasteiger partial charge on any atom is -0.741 e. The summed E-state index contributed by atoms with van der Waals surface area (Å²) in [6.45, 7) is 0. The smallest absolute Gasteiger partial charge is 0.741 e. The summed E-state index contributed by atoms with van der Waals surface area (Å²) in [5, 5.41) is 0. The zero-order valence-electron chi connectivity index (χ0n) is 15.3. The average Bonchev–Trinajstić information content (AvgIpc) is 2.08. The number of hydrogen-bond donors (Lipinski definition) is 0. The summed E-state index contributed by atoms with van der Waals surface area (Å²) in [6, 6.07) is 0. The molecule has 2 radical (unpaired) electrons. The van der Waals surface area contributed by atoms with Gasteiger partial charge in [-0.2, -0.15) is 39.5 Å². The van der Waals surface area contributed by atoms with Crippen molar-refractivity contribution in [1.82, 2.24) is 0 Å². The van der Waals surface area contributed by atoms with E-state index in [2.05, 4.69) is 0 Å². The number of alkyl halides is 9. The summed E-state index contributed by atoms with van der Waals surface area (Å²) in [7, 11) is -18.3. The van der Waals surface area contributed by atoms with Crippen LogP contribution < -0.4 is 0 Å². The van der Waals surface area contributed by atoms with Crippen molar-refractivity contribution in [2.75, 3.05) is 0 Å². The molecule has 0 saturated heterocycles. The molecule has 0 aliphatic heterocycles. The van der Waals surface area contributed by atoms with Crippen molar-refractivity contribution in [3.63, 3.8) is 0 Å². The molecular weight excluding hydrogens is 800 g/mol. The molecule has 0 aliphatic rings. The predicted molar refractivity (Wildman–Crippen MR) is 94.3 cm³/mol. The second kappa shape index (κ2) is 25.7. The molecule has 0 aromatic carbocycles. The first-order chi connectivity index (χ1) is 9.75. The molecule has 0 aromatic heterocycles. The fourth-order valence-electron chi connectivity index (χ4n) is 0. The van der Waals surface area contributed by atoms with Gasteiger partial charge < -0.3 is 62.9 Å². The first-order valence-corrected chi connectivity index (χ1v) is 8.04.